The number of carbonyl (C=O) groups excluding carboxylic acids is 4. The SMILES string of the molecule is COC(=O)C(C)Sc1cc(N(C(=O)CCl)C(=O)C2=C(C(=O)OC(C)C)CCCC2)c(F)cc1Cl. The van der Waals surface area contributed by atoms with Crippen molar-refractivity contribution in [2.45, 2.75) is 62.7 Å². The molecule has 7 nitrogen and oxygen atoms in total. The summed E-state index contributed by atoms with van der Waals surface area (Å²) < 4.78 is 25.0. The summed E-state index contributed by atoms with van der Waals surface area (Å²) in [7, 11) is 1.23. The number of anilines is 1. The van der Waals surface area contributed by atoms with Crippen LogP contribution in [0.5, 0.6) is 0 Å². The lowest BCUT2D eigenvalue weighted by molar-refractivity contribution is -0.143. The molecule has 11 heteroatoms. The maximum Gasteiger partial charge on any atom is 0.334 e. The maximum atomic E-state index is 15.0. The predicted molar refractivity (Wildman–Crippen MR) is 129 cm³/mol. The molecule has 0 bridgehead atoms. The van der Waals surface area contributed by atoms with Gasteiger partial charge in [0, 0.05) is 16.0 Å². The van der Waals surface area contributed by atoms with Crippen molar-refractivity contribution in [1.29, 1.82) is 0 Å². The molecule has 0 radical (unpaired) electrons. The normalized spacial score (nSPS) is 14.6. The van der Waals surface area contributed by atoms with Gasteiger partial charge < -0.3 is 9.47 Å². The van der Waals surface area contributed by atoms with Gasteiger partial charge in [-0.05, 0) is 58.6 Å². The second-order valence-corrected chi connectivity index (χ2v) is 9.86. The lowest BCUT2D eigenvalue weighted by Crippen LogP contribution is -2.40. The van der Waals surface area contributed by atoms with Gasteiger partial charge in [-0.2, -0.15) is 0 Å². The van der Waals surface area contributed by atoms with E-state index in [9.17, 15) is 19.2 Å². The highest BCUT2D eigenvalue weighted by atomic mass is 35.5. The fourth-order valence-corrected chi connectivity index (χ4v) is 4.72. The number of esters is 2. The van der Waals surface area contributed by atoms with Gasteiger partial charge in [-0.15, -0.1) is 23.4 Å². The van der Waals surface area contributed by atoms with E-state index >= 15 is 4.39 Å². The molecule has 1 aliphatic rings. The van der Waals surface area contributed by atoms with E-state index in [1.807, 2.05) is 0 Å². The smallest absolute Gasteiger partial charge is 0.334 e. The largest absolute Gasteiger partial charge is 0.468 e. The maximum absolute atomic E-state index is 15.0. The Morgan fingerprint density at radius 2 is 1.74 bits per heavy atom. The molecule has 0 aliphatic heterocycles. The Kier molecular flexibility index (Phi) is 10.4. The third-order valence-corrected chi connectivity index (χ3v) is 6.75. The van der Waals surface area contributed by atoms with Crippen molar-refractivity contribution in [2.24, 2.45) is 0 Å². The Balaban J connectivity index is 2.57. The summed E-state index contributed by atoms with van der Waals surface area (Å²) in [6.07, 6.45) is 1.41. The summed E-state index contributed by atoms with van der Waals surface area (Å²) in [4.78, 5) is 51.5. The summed E-state index contributed by atoms with van der Waals surface area (Å²) >= 11 is 12.9. The predicted octanol–water partition coefficient (Wildman–Crippen LogP) is 5.05. The van der Waals surface area contributed by atoms with Crippen LogP contribution >= 0.6 is 35.0 Å². The van der Waals surface area contributed by atoms with E-state index in [2.05, 4.69) is 0 Å². The molecule has 0 fully saturated rings. The number of alkyl halides is 1. The van der Waals surface area contributed by atoms with Gasteiger partial charge in [0.05, 0.1) is 23.9 Å². The van der Waals surface area contributed by atoms with E-state index in [1.165, 1.54) is 13.2 Å². The first-order chi connectivity index (χ1) is 16.0. The zero-order chi connectivity index (χ0) is 25.6. The van der Waals surface area contributed by atoms with Crippen LogP contribution in [-0.4, -0.2) is 48.1 Å². The van der Waals surface area contributed by atoms with Gasteiger partial charge in [-0.25, -0.2) is 14.1 Å². The Morgan fingerprint density at radius 1 is 1.12 bits per heavy atom. The average molecular weight is 534 g/mol. The summed E-state index contributed by atoms with van der Waals surface area (Å²) in [6.45, 7) is 4.94. The van der Waals surface area contributed by atoms with Crippen LogP contribution in [0.15, 0.2) is 28.2 Å². The van der Waals surface area contributed by atoms with E-state index in [0.29, 0.717) is 24.2 Å². The van der Waals surface area contributed by atoms with E-state index in [1.54, 1.807) is 20.8 Å². The number of carbonyl (C=O) groups is 4. The lowest BCUT2D eigenvalue weighted by Gasteiger charge is -2.26. The minimum atomic E-state index is -0.936. The van der Waals surface area contributed by atoms with Gasteiger partial charge in [-0.3, -0.25) is 14.4 Å². The van der Waals surface area contributed by atoms with Crippen molar-refractivity contribution >= 4 is 64.4 Å². The number of halogens is 3. The number of amides is 2. The van der Waals surface area contributed by atoms with Crippen LogP contribution in [0.4, 0.5) is 10.1 Å². The van der Waals surface area contributed by atoms with E-state index in [0.717, 1.165) is 17.8 Å². The first kappa shape index (κ1) is 28.1. The molecule has 186 valence electrons. The number of hydrogen-bond donors (Lipinski definition) is 0. The highest BCUT2D eigenvalue weighted by molar-refractivity contribution is 8.00. The molecule has 0 saturated carbocycles. The van der Waals surface area contributed by atoms with Crippen molar-refractivity contribution in [1.82, 2.24) is 0 Å². The number of ether oxygens (including phenoxy) is 2. The van der Waals surface area contributed by atoms with Gasteiger partial charge in [0.1, 0.15) is 16.9 Å². The van der Waals surface area contributed by atoms with Crippen LogP contribution in [0.2, 0.25) is 5.02 Å². The van der Waals surface area contributed by atoms with E-state index < -0.39 is 46.8 Å². The molecular weight excluding hydrogens is 508 g/mol. The number of hydrogen-bond acceptors (Lipinski definition) is 7. The molecule has 0 N–H and O–H groups in total. The van der Waals surface area contributed by atoms with Crippen LogP contribution in [0, 0.1) is 5.82 Å². The molecule has 2 rings (SSSR count). The molecule has 34 heavy (non-hydrogen) atoms. The summed E-state index contributed by atoms with van der Waals surface area (Å²) in [5.74, 6) is -4.43. The van der Waals surface area contributed by atoms with E-state index in [4.69, 9.17) is 32.7 Å². The number of rotatable bonds is 8. The number of imide groups is 1. The van der Waals surface area contributed by atoms with Crippen molar-refractivity contribution in [3.8, 4) is 0 Å². The molecule has 0 heterocycles. The second-order valence-electron chi connectivity index (χ2n) is 7.80. The lowest BCUT2D eigenvalue weighted by atomic mass is 9.90. The fraction of sp³-hybridized carbons (Fsp3) is 0.478. The topological polar surface area (TPSA) is 90.0 Å². The first-order valence-electron chi connectivity index (χ1n) is 10.6. The molecule has 1 atom stereocenters. The van der Waals surface area contributed by atoms with Crippen molar-refractivity contribution in [3.05, 3.63) is 34.1 Å². The molecule has 1 aromatic carbocycles. The molecule has 2 amide bonds. The number of nitrogens with zero attached hydrogens (tertiary/aromatic N) is 1. The number of methoxy groups -OCH3 is 1. The molecule has 0 saturated heterocycles. The Bertz CT molecular complexity index is 1010. The van der Waals surface area contributed by atoms with E-state index in [-0.39, 0.29) is 33.2 Å². The van der Waals surface area contributed by atoms with Gasteiger partial charge in [0.2, 0.25) is 5.91 Å². The summed E-state index contributed by atoms with van der Waals surface area (Å²) in [5.41, 5.74) is -0.128. The summed E-state index contributed by atoms with van der Waals surface area (Å²) in [5, 5.41) is -0.696. The van der Waals surface area contributed by atoms with Crippen molar-refractivity contribution in [2.75, 3.05) is 17.9 Å². The third-order valence-electron chi connectivity index (χ3n) is 4.96. The monoisotopic (exact) mass is 533 g/mol. The number of thioether (sulfide) groups is 1. The highest BCUT2D eigenvalue weighted by Gasteiger charge is 2.34. The highest BCUT2D eigenvalue weighted by Crippen LogP contribution is 2.37. The van der Waals surface area contributed by atoms with Crippen molar-refractivity contribution in [3.63, 3.8) is 0 Å². The van der Waals surface area contributed by atoms with Crippen LogP contribution in [0.1, 0.15) is 46.5 Å². The van der Waals surface area contributed by atoms with Crippen LogP contribution in [-0.2, 0) is 28.7 Å². The average Bonchev–Trinajstić information content (AvgIpc) is 2.80. The van der Waals surface area contributed by atoms with Crippen LogP contribution in [0.3, 0.4) is 0 Å². The minimum Gasteiger partial charge on any atom is -0.468 e. The van der Waals surface area contributed by atoms with Crippen LogP contribution < -0.4 is 4.90 Å². The molecule has 1 unspecified atom stereocenters. The Morgan fingerprint density at radius 3 is 2.29 bits per heavy atom. The Labute approximate surface area is 211 Å². The zero-order valence-electron chi connectivity index (χ0n) is 19.3. The molecule has 0 aromatic heterocycles. The van der Waals surface area contributed by atoms with Gasteiger partial charge >= 0.3 is 11.9 Å². The third kappa shape index (κ3) is 6.73. The van der Waals surface area contributed by atoms with Crippen LogP contribution in [0.25, 0.3) is 0 Å². The van der Waals surface area contributed by atoms with Gasteiger partial charge in [0.25, 0.3) is 5.91 Å². The summed E-state index contributed by atoms with van der Waals surface area (Å²) in [6, 6.07) is 2.16. The molecule has 1 aromatic rings. The quantitative estimate of drug-likeness (QED) is 0.262. The molecular formula is C23H26Cl2FNO6S. The van der Waals surface area contributed by atoms with Crippen molar-refractivity contribution < 1.29 is 33.0 Å². The second kappa shape index (κ2) is 12.6. The molecule has 1 aliphatic carbocycles. The standard InChI is InChI=1S/C23H26Cl2FNO6S/c1-12(2)33-23(31)15-8-6-5-7-14(15)21(29)27(20(28)11-24)18-10-19(16(25)9-17(18)26)34-13(3)22(30)32-4/h9-10,12-13H,5-8,11H2,1-4H3. The van der Waals surface area contributed by atoms with Gasteiger partial charge in [-0.1, -0.05) is 11.6 Å². The molecule has 0 spiro atoms. The minimum absolute atomic E-state index is 0.00851. The number of benzene rings is 1. The zero-order valence-corrected chi connectivity index (χ0v) is 21.6. The fourth-order valence-electron chi connectivity index (χ4n) is 3.39. The Hall–Kier alpha value is -2.10. The van der Waals surface area contributed by atoms with Gasteiger partial charge in [0.15, 0.2) is 0 Å². The first-order valence-corrected chi connectivity index (χ1v) is 12.4.